The standard InChI is InChI=1S/C18H30O/c1-4-6-10-15(3)14-16(11-7-5-2)17-12-8-9-13-18(17)19/h8-9,12-13,15-16,19H,4-7,10-11,14H2,1-3H3. The Morgan fingerprint density at radius 1 is 1.00 bits per heavy atom. The van der Waals surface area contributed by atoms with E-state index in [1.54, 1.807) is 0 Å². The first-order valence-corrected chi connectivity index (χ1v) is 7.96. The van der Waals surface area contributed by atoms with Crippen LogP contribution in [0.25, 0.3) is 0 Å². The summed E-state index contributed by atoms with van der Waals surface area (Å²) in [6, 6.07) is 7.88. The quantitative estimate of drug-likeness (QED) is 0.589. The maximum atomic E-state index is 10.1. The molecule has 1 nitrogen and oxygen atoms in total. The van der Waals surface area contributed by atoms with E-state index in [2.05, 4.69) is 26.8 Å². The Kier molecular flexibility index (Phi) is 7.62. The van der Waals surface area contributed by atoms with Gasteiger partial charge in [-0.3, -0.25) is 0 Å². The fourth-order valence-electron chi connectivity index (χ4n) is 2.84. The molecule has 1 rings (SSSR count). The second kappa shape index (κ2) is 9.01. The number of hydrogen-bond donors (Lipinski definition) is 1. The highest BCUT2D eigenvalue weighted by molar-refractivity contribution is 5.34. The van der Waals surface area contributed by atoms with Gasteiger partial charge in [-0.15, -0.1) is 0 Å². The lowest BCUT2D eigenvalue weighted by Crippen LogP contribution is -2.06. The summed E-state index contributed by atoms with van der Waals surface area (Å²) in [5.74, 6) is 1.75. The van der Waals surface area contributed by atoms with E-state index in [1.807, 2.05) is 18.2 Å². The van der Waals surface area contributed by atoms with Crippen LogP contribution in [0.5, 0.6) is 5.75 Å². The first-order chi connectivity index (χ1) is 9.19. The highest BCUT2D eigenvalue weighted by atomic mass is 16.3. The van der Waals surface area contributed by atoms with Crippen LogP contribution in [0.2, 0.25) is 0 Å². The van der Waals surface area contributed by atoms with Crippen molar-refractivity contribution < 1.29 is 5.11 Å². The largest absolute Gasteiger partial charge is 0.508 e. The van der Waals surface area contributed by atoms with Crippen LogP contribution in [0.4, 0.5) is 0 Å². The zero-order valence-corrected chi connectivity index (χ0v) is 12.9. The molecule has 0 bridgehead atoms. The highest BCUT2D eigenvalue weighted by Crippen LogP contribution is 2.35. The fourth-order valence-corrected chi connectivity index (χ4v) is 2.84. The molecule has 0 amide bonds. The van der Waals surface area contributed by atoms with Crippen LogP contribution in [-0.4, -0.2) is 5.11 Å². The molecule has 0 fully saturated rings. The summed E-state index contributed by atoms with van der Waals surface area (Å²) in [4.78, 5) is 0. The van der Waals surface area contributed by atoms with Gasteiger partial charge in [0.2, 0.25) is 0 Å². The van der Waals surface area contributed by atoms with Gasteiger partial charge in [0.1, 0.15) is 5.75 Å². The molecule has 0 aliphatic heterocycles. The van der Waals surface area contributed by atoms with E-state index in [0.717, 1.165) is 11.5 Å². The number of aromatic hydroxyl groups is 1. The van der Waals surface area contributed by atoms with Crippen molar-refractivity contribution in [3.8, 4) is 5.75 Å². The van der Waals surface area contributed by atoms with E-state index in [1.165, 1.54) is 44.9 Å². The van der Waals surface area contributed by atoms with Crippen molar-refractivity contribution >= 4 is 0 Å². The van der Waals surface area contributed by atoms with Gasteiger partial charge in [-0.05, 0) is 36.3 Å². The molecule has 0 aromatic heterocycles. The average Bonchev–Trinajstić information content (AvgIpc) is 2.42. The van der Waals surface area contributed by atoms with Crippen LogP contribution in [0.15, 0.2) is 24.3 Å². The van der Waals surface area contributed by atoms with Gasteiger partial charge in [0.15, 0.2) is 0 Å². The Labute approximate surface area is 119 Å². The number of phenolic OH excluding ortho intramolecular Hbond substituents is 1. The molecule has 2 unspecified atom stereocenters. The molecule has 1 aromatic carbocycles. The molecule has 0 aliphatic carbocycles. The lowest BCUT2D eigenvalue weighted by molar-refractivity contribution is 0.392. The zero-order chi connectivity index (χ0) is 14.1. The molecular formula is C18H30O. The summed E-state index contributed by atoms with van der Waals surface area (Å²) in [7, 11) is 0. The average molecular weight is 262 g/mol. The Bertz CT molecular complexity index is 345. The lowest BCUT2D eigenvalue weighted by Gasteiger charge is -2.22. The minimum absolute atomic E-state index is 0.478. The van der Waals surface area contributed by atoms with E-state index >= 15 is 0 Å². The third-order valence-electron chi connectivity index (χ3n) is 4.02. The number of phenols is 1. The lowest BCUT2D eigenvalue weighted by atomic mass is 9.84. The normalized spacial score (nSPS) is 14.3. The number of para-hydroxylation sites is 1. The Morgan fingerprint density at radius 3 is 2.26 bits per heavy atom. The summed E-state index contributed by atoms with van der Waals surface area (Å²) in [5, 5.41) is 10.1. The molecule has 0 aliphatic rings. The van der Waals surface area contributed by atoms with Crippen LogP contribution < -0.4 is 0 Å². The second-order valence-corrected chi connectivity index (χ2v) is 5.88. The van der Waals surface area contributed by atoms with Crippen molar-refractivity contribution in [2.24, 2.45) is 5.92 Å². The van der Waals surface area contributed by atoms with Crippen molar-refractivity contribution in [3.05, 3.63) is 29.8 Å². The number of unbranched alkanes of at least 4 members (excludes halogenated alkanes) is 2. The van der Waals surface area contributed by atoms with Gasteiger partial charge in [0.25, 0.3) is 0 Å². The van der Waals surface area contributed by atoms with Gasteiger partial charge in [0, 0.05) is 0 Å². The molecule has 1 N–H and O–H groups in total. The molecule has 108 valence electrons. The predicted octanol–water partition coefficient (Wildman–Crippen LogP) is 5.88. The van der Waals surface area contributed by atoms with Crippen LogP contribution in [-0.2, 0) is 0 Å². The smallest absolute Gasteiger partial charge is 0.119 e. The third-order valence-corrected chi connectivity index (χ3v) is 4.02. The first kappa shape index (κ1) is 16.1. The molecule has 0 saturated carbocycles. The second-order valence-electron chi connectivity index (χ2n) is 5.88. The molecule has 1 heteroatoms. The van der Waals surface area contributed by atoms with E-state index in [4.69, 9.17) is 0 Å². The summed E-state index contributed by atoms with van der Waals surface area (Å²) < 4.78 is 0. The van der Waals surface area contributed by atoms with Crippen LogP contribution >= 0.6 is 0 Å². The maximum absolute atomic E-state index is 10.1. The van der Waals surface area contributed by atoms with Gasteiger partial charge in [-0.2, -0.15) is 0 Å². The Hall–Kier alpha value is -0.980. The van der Waals surface area contributed by atoms with Crippen LogP contribution in [0, 0.1) is 5.92 Å². The van der Waals surface area contributed by atoms with Crippen molar-refractivity contribution in [1.29, 1.82) is 0 Å². The Morgan fingerprint density at radius 2 is 1.63 bits per heavy atom. The molecule has 2 atom stereocenters. The minimum Gasteiger partial charge on any atom is -0.508 e. The minimum atomic E-state index is 0.478. The molecule has 0 saturated heterocycles. The summed E-state index contributed by atoms with van der Waals surface area (Å²) in [6.07, 6.45) is 8.80. The van der Waals surface area contributed by atoms with Crippen molar-refractivity contribution in [2.45, 2.75) is 71.6 Å². The number of rotatable bonds is 9. The van der Waals surface area contributed by atoms with E-state index in [9.17, 15) is 5.11 Å². The Balaban J connectivity index is 2.69. The predicted molar refractivity (Wildman–Crippen MR) is 83.7 cm³/mol. The van der Waals surface area contributed by atoms with Crippen molar-refractivity contribution in [1.82, 2.24) is 0 Å². The van der Waals surface area contributed by atoms with E-state index in [0.29, 0.717) is 11.7 Å². The number of hydrogen-bond acceptors (Lipinski definition) is 1. The molecule has 0 heterocycles. The van der Waals surface area contributed by atoms with Gasteiger partial charge in [-0.1, -0.05) is 71.1 Å². The SMILES string of the molecule is CCCCC(C)CC(CCCC)c1ccccc1O. The van der Waals surface area contributed by atoms with Gasteiger partial charge >= 0.3 is 0 Å². The topological polar surface area (TPSA) is 20.2 Å². The van der Waals surface area contributed by atoms with E-state index in [-0.39, 0.29) is 0 Å². The molecule has 1 aromatic rings. The third kappa shape index (κ3) is 5.67. The maximum Gasteiger partial charge on any atom is 0.119 e. The van der Waals surface area contributed by atoms with Crippen LogP contribution in [0.3, 0.4) is 0 Å². The molecular weight excluding hydrogens is 232 g/mol. The molecule has 0 radical (unpaired) electrons. The monoisotopic (exact) mass is 262 g/mol. The summed E-state index contributed by atoms with van der Waals surface area (Å²) in [5.41, 5.74) is 1.15. The van der Waals surface area contributed by atoms with Crippen molar-refractivity contribution in [3.63, 3.8) is 0 Å². The first-order valence-electron chi connectivity index (χ1n) is 7.96. The van der Waals surface area contributed by atoms with E-state index < -0.39 is 0 Å². The molecule has 0 spiro atoms. The van der Waals surface area contributed by atoms with Crippen molar-refractivity contribution in [2.75, 3.05) is 0 Å². The highest BCUT2D eigenvalue weighted by Gasteiger charge is 2.17. The summed E-state index contributed by atoms with van der Waals surface area (Å²) in [6.45, 7) is 6.85. The fraction of sp³-hybridized carbons (Fsp3) is 0.667. The van der Waals surface area contributed by atoms with Crippen LogP contribution in [0.1, 0.15) is 77.2 Å². The zero-order valence-electron chi connectivity index (χ0n) is 12.9. The van der Waals surface area contributed by atoms with Gasteiger partial charge in [0.05, 0.1) is 0 Å². The van der Waals surface area contributed by atoms with Gasteiger partial charge in [-0.25, -0.2) is 0 Å². The molecule has 19 heavy (non-hydrogen) atoms. The summed E-state index contributed by atoms with van der Waals surface area (Å²) >= 11 is 0. The number of benzene rings is 1. The van der Waals surface area contributed by atoms with Gasteiger partial charge < -0.3 is 5.11 Å².